The van der Waals surface area contributed by atoms with Crippen LogP contribution in [0.3, 0.4) is 0 Å². The Morgan fingerprint density at radius 2 is 1.93 bits per heavy atom. The van der Waals surface area contributed by atoms with E-state index in [-0.39, 0.29) is 17.7 Å². The minimum Gasteiger partial charge on any atom is -0.337 e. The Labute approximate surface area is 175 Å². The number of H-pyrrole nitrogens is 1. The summed E-state index contributed by atoms with van der Waals surface area (Å²) >= 11 is 0. The molecule has 7 heteroatoms. The number of likely N-dealkylation sites (tertiary alicyclic amines) is 1. The molecule has 154 valence electrons. The molecule has 1 fully saturated rings. The Kier molecular flexibility index (Phi) is 5.61. The molecule has 1 aliphatic heterocycles. The van der Waals surface area contributed by atoms with Gasteiger partial charge in [-0.2, -0.15) is 5.10 Å². The highest BCUT2D eigenvalue weighted by atomic mass is 16.2. The smallest absolute Gasteiger partial charge is 0.271 e. The van der Waals surface area contributed by atoms with Crippen LogP contribution in [-0.4, -0.2) is 45.0 Å². The van der Waals surface area contributed by atoms with E-state index in [1.54, 1.807) is 23.4 Å². The van der Waals surface area contributed by atoms with Gasteiger partial charge in [-0.05, 0) is 62.1 Å². The lowest BCUT2D eigenvalue weighted by molar-refractivity contribution is -0.121. The molecule has 1 atom stereocenters. The van der Waals surface area contributed by atoms with Gasteiger partial charge in [0.25, 0.3) is 5.91 Å². The molecule has 1 saturated heterocycles. The van der Waals surface area contributed by atoms with E-state index in [2.05, 4.69) is 20.5 Å². The van der Waals surface area contributed by atoms with Gasteiger partial charge in [0, 0.05) is 36.7 Å². The van der Waals surface area contributed by atoms with E-state index in [0.717, 1.165) is 35.2 Å². The van der Waals surface area contributed by atoms with Crippen LogP contribution in [0.2, 0.25) is 0 Å². The Morgan fingerprint density at radius 3 is 2.73 bits per heavy atom. The Balaban J connectivity index is 1.43. The van der Waals surface area contributed by atoms with E-state index in [9.17, 15) is 9.59 Å². The normalized spacial score (nSPS) is 16.3. The van der Waals surface area contributed by atoms with Crippen molar-refractivity contribution >= 4 is 17.5 Å². The second kappa shape index (κ2) is 8.49. The SMILES string of the molecule is Cc1ccc(C)c(NC(=O)[C@H]2CCCN(C(=O)c3cc(-c4ccncc4)n[nH]3)C2)c1. The Bertz CT molecular complexity index is 1060. The number of aromatic amines is 1. The molecule has 3 heterocycles. The van der Waals surface area contributed by atoms with Gasteiger partial charge in [0.1, 0.15) is 5.69 Å². The summed E-state index contributed by atoms with van der Waals surface area (Å²) < 4.78 is 0. The molecular weight excluding hydrogens is 378 g/mol. The molecule has 3 aromatic rings. The van der Waals surface area contributed by atoms with Crippen molar-refractivity contribution in [2.45, 2.75) is 26.7 Å². The number of piperidine rings is 1. The zero-order chi connectivity index (χ0) is 21.1. The van der Waals surface area contributed by atoms with Gasteiger partial charge >= 0.3 is 0 Å². The first-order valence-electron chi connectivity index (χ1n) is 10.1. The summed E-state index contributed by atoms with van der Waals surface area (Å²) in [4.78, 5) is 31.6. The Morgan fingerprint density at radius 1 is 1.13 bits per heavy atom. The number of rotatable bonds is 4. The average molecular weight is 403 g/mol. The number of hydrogen-bond donors (Lipinski definition) is 2. The van der Waals surface area contributed by atoms with Crippen LogP contribution in [0.25, 0.3) is 11.3 Å². The lowest BCUT2D eigenvalue weighted by Gasteiger charge is -2.31. The third-order valence-electron chi connectivity index (χ3n) is 5.51. The molecular formula is C23H25N5O2. The third-order valence-corrected chi connectivity index (χ3v) is 5.51. The lowest BCUT2D eigenvalue weighted by Crippen LogP contribution is -2.44. The number of nitrogens with one attached hydrogen (secondary N) is 2. The zero-order valence-electron chi connectivity index (χ0n) is 17.2. The van der Waals surface area contributed by atoms with Crippen LogP contribution in [0.4, 0.5) is 5.69 Å². The molecule has 0 saturated carbocycles. The summed E-state index contributed by atoms with van der Waals surface area (Å²) in [5.74, 6) is -0.402. The first kappa shape index (κ1) is 19.8. The van der Waals surface area contributed by atoms with Gasteiger partial charge in [0.05, 0.1) is 11.6 Å². The number of amides is 2. The summed E-state index contributed by atoms with van der Waals surface area (Å²) in [5, 5.41) is 10.1. The maximum absolute atomic E-state index is 13.0. The molecule has 7 nitrogen and oxygen atoms in total. The molecule has 0 radical (unpaired) electrons. The molecule has 4 rings (SSSR count). The molecule has 2 aromatic heterocycles. The summed E-state index contributed by atoms with van der Waals surface area (Å²) in [6.45, 7) is 5.01. The van der Waals surface area contributed by atoms with Crippen molar-refractivity contribution in [3.63, 3.8) is 0 Å². The molecule has 0 aliphatic carbocycles. The fourth-order valence-corrected chi connectivity index (χ4v) is 3.75. The van der Waals surface area contributed by atoms with Crippen molar-refractivity contribution < 1.29 is 9.59 Å². The number of pyridine rings is 1. The van der Waals surface area contributed by atoms with Crippen LogP contribution in [0.15, 0.2) is 48.8 Å². The van der Waals surface area contributed by atoms with Crippen molar-refractivity contribution in [1.29, 1.82) is 0 Å². The quantitative estimate of drug-likeness (QED) is 0.697. The van der Waals surface area contributed by atoms with Gasteiger partial charge in [-0.25, -0.2) is 0 Å². The molecule has 1 aromatic carbocycles. The van der Waals surface area contributed by atoms with Gasteiger partial charge < -0.3 is 10.2 Å². The molecule has 2 N–H and O–H groups in total. The van der Waals surface area contributed by atoms with Gasteiger partial charge in [0.2, 0.25) is 5.91 Å². The highest BCUT2D eigenvalue weighted by Gasteiger charge is 2.30. The predicted octanol–water partition coefficient (Wildman–Crippen LogP) is 3.58. The van der Waals surface area contributed by atoms with Crippen LogP contribution in [-0.2, 0) is 4.79 Å². The number of nitrogens with zero attached hydrogens (tertiary/aromatic N) is 3. The maximum atomic E-state index is 13.0. The second-order valence-corrected chi connectivity index (χ2v) is 7.80. The number of aryl methyl sites for hydroxylation is 2. The monoisotopic (exact) mass is 403 g/mol. The van der Waals surface area contributed by atoms with E-state index < -0.39 is 0 Å². The molecule has 0 unspecified atom stereocenters. The van der Waals surface area contributed by atoms with Gasteiger partial charge in [-0.15, -0.1) is 0 Å². The topological polar surface area (TPSA) is 91.0 Å². The summed E-state index contributed by atoms with van der Waals surface area (Å²) in [7, 11) is 0. The molecule has 2 amide bonds. The molecule has 1 aliphatic rings. The summed E-state index contributed by atoms with van der Waals surface area (Å²) in [6, 6.07) is 11.4. The number of carbonyl (C=O) groups is 2. The fourth-order valence-electron chi connectivity index (χ4n) is 3.75. The summed E-state index contributed by atoms with van der Waals surface area (Å²) in [6.07, 6.45) is 4.94. The molecule has 0 bridgehead atoms. The standard InChI is InChI=1S/C23H25N5O2/c1-15-5-6-16(2)19(12-15)25-22(29)18-4-3-11-28(14-18)23(30)21-13-20(26-27-21)17-7-9-24-10-8-17/h5-10,12-13,18H,3-4,11,14H2,1-2H3,(H,25,29)(H,26,27)/t18-/m0/s1. The number of carbonyl (C=O) groups excluding carboxylic acids is 2. The van der Waals surface area contributed by atoms with Gasteiger partial charge in [0.15, 0.2) is 0 Å². The predicted molar refractivity (Wildman–Crippen MR) is 115 cm³/mol. The fraction of sp³-hybridized carbons (Fsp3) is 0.304. The Hall–Kier alpha value is -3.48. The second-order valence-electron chi connectivity index (χ2n) is 7.80. The van der Waals surface area contributed by atoms with Gasteiger partial charge in [-0.1, -0.05) is 12.1 Å². The van der Waals surface area contributed by atoms with Crippen LogP contribution in [0, 0.1) is 19.8 Å². The largest absolute Gasteiger partial charge is 0.337 e. The van der Waals surface area contributed by atoms with Gasteiger partial charge in [-0.3, -0.25) is 19.7 Å². The number of aromatic nitrogens is 3. The van der Waals surface area contributed by atoms with E-state index in [1.807, 2.05) is 44.2 Å². The number of anilines is 1. The van der Waals surface area contributed by atoms with E-state index in [4.69, 9.17) is 0 Å². The zero-order valence-corrected chi connectivity index (χ0v) is 17.2. The number of hydrogen-bond acceptors (Lipinski definition) is 4. The minimum absolute atomic E-state index is 0.0386. The minimum atomic E-state index is -0.231. The van der Waals surface area contributed by atoms with E-state index >= 15 is 0 Å². The van der Waals surface area contributed by atoms with Crippen molar-refractivity contribution in [3.05, 3.63) is 65.6 Å². The van der Waals surface area contributed by atoms with E-state index in [0.29, 0.717) is 24.5 Å². The van der Waals surface area contributed by atoms with E-state index in [1.165, 1.54) is 0 Å². The van der Waals surface area contributed by atoms with Crippen molar-refractivity contribution in [1.82, 2.24) is 20.1 Å². The first-order chi connectivity index (χ1) is 14.5. The van der Waals surface area contributed by atoms with Crippen molar-refractivity contribution in [2.75, 3.05) is 18.4 Å². The molecule has 30 heavy (non-hydrogen) atoms. The van der Waals surface area contributed by atoms with Crippen LogP contribution in [0.1, 0.15) is 34.5 Å². The maximum Gasteiger partial charge on any atom is 0.271 e. The highest BCUT2D eigenvalue weighted by Crippen LogP contribution is 2.23. The number of benzene rings is 1. The van der Waals surface area contributed by atoms with Crippen LogP contribution >= 0.6 is 0 Å². The third kappa shape index (κ3) is 4.25. The average Bonchev–Trinajstić information content (AvgIpc) is 3.27. The molecule has 0 spiro atoms. The van der Waals surface area contributed by atoms with Crippen LogP contribution in [0.5, 0.6) is 0 Å². The van der Waals surface area contributed by atoms with Crippen molar-refractivity contribution in [3.8, 4) is 11.3 Å². The highest BCUT2D eigenvalue weighted by molar-refractivity contribution is 5.96. The first-order valence-corrected chi connectivity index (χ1v) is 10.1. The lowest BCUT2D eigenvalue weighted by atomic mass is 9.96. The van der Waals surface area contributed by atoms with Crippen LogP contribution < -0.4 is 5.32 Å². The summed E-state index contributed by atoms with van der Waals surface area (Å²) in [5.41, 5.74) is 4.97. The van der Waals surface area contributed by atoms with Crippen molar-refractivity contribution in [2.24, 2.45) is 5.92 Å².